The summed E-state index contributed by atoms with van der Waals surface area (Å²) in [7, 11) is 0. The maximum Gasteiger partial charge on any atom is 0.252 e. The Kier molecular flexibility index (Phi) is 7.27. The summed E-state index contributed by atoms with van der Waals surface area (Å²) < 4.78 is 27.4. The number of nitrogens with one attached hydrogen (secondary N) is 2. The normalized spacial score (nSPS) is 18.6. The van der Waals surface area contributed by atoms with Crippen LogP contribution in [-0.2, 0) is 14.4 Å². The van der Waals surface area contributed by atoms with E-state index in [2.05, 4.69) is 20.5 Å². The van der Waals surface area contributed by atoms with E-state index in [0.717, 1.165) is 0 Å². The molecule has 2 aromatic carbocycles. The summed E-state index contributed by atoms with van der Waals surface area (Å²) in [4.78, 5) is 48.5. The summed E-state index contributed by atoms with van der Waals surface area (Å²) >= 11 is 6.59. The first-order valence-corrected chi connectivity index (χ1v) is 13.9. The lowest BCUT2D eigenvalue weighted by Gasteiger charge is -2.39. The van der Waals surface area contributed by atoms with E-state index in [4.69, 9.17) is 11.6 Å². The predicted molar refractivity (Wildman–Crippen MR) is 153 cm³/mol. The molecule has 13 heteroatoms. The van der Waals surface area contributed by atoms with Crippen LogP contribution in [0, 0.1) is 11.3 Å². The molecule has 218 valence electrons. The number of anilines is 2. The quantitative estimate of drug-likeness (QED) is 0.315. The third kappa shape index (κ3) is 5.39. The number of rotatable bonds is 7. The highest BCUT2D eigenvalue weighted by molar-refractivity contribution is 6.31. The molecule has 6 rings (SSSR count). The predicted octanol–water partition coefficient (Wildman–Crippen LogP) is 4.67. The van der Waals surface area contributed by atoms with Crippen molar-refractivity contribution in [1.29, 1.82) is 5.26 Å². The van der Waals surface area contributed by atoms with Crippen LogP contribution < -0.4 is 15.1 Å². The summed E-state index contributed by atoms with van der Waals surface area (Å²) in [6.07, 6.45) is 2.05. The molecule has 1 aliphatic heterocycles. The van der Waals surface area contributed by atoms with Crippen molar-refractivity contribution in [2.45, 2.75) is 49.7 Å². The Labute approximate surface area is 249 Å². The molecule has 1 saturated carbocycles. The Bertz CT molecular complexity index is 1780. The van der Waals surface area contributed by atoms with Crippen LogP contribution in [0.1, 0.15) is 42.9 Å². The number of hydrogen-bond acceptors (Lipinski definition) is 6. The van der Waals surface area contributed by atoms with Crippen LogP contribution in [0.3, 0.4) is 0 Å². The number of nitrogens with zero attached hydrogens (tertiary/aromatic N) is 5. The van der Waals surface area contributed by atoms with Gasteiger partial charge in [-0.05, 0) is 42.8 Å². The zero-order valence-corrected chi connectivity index (χ0v) is 23.3. The molecule has 0 radical (unpaired) electrons. The number of pyridine rings is 1. The van der Waals surface area contributed by atoms with Crippen LogP contribution in [-0.4, -0.2) is 50.9 Å². The number of hydrogen-bond donors (Lipinski definition) is 2. The molecule has 3 amide bonds. The fourth-order valence-corrected chi connectivity index (χ4v) is 5.85. The molecule has 10 nitrogen and oxygen atoms in total. The Morgan fingerprint density at radius 3 is 2.72 bits per heavy atom. The summed E-state index contributed by atoms with van der Waals surface area (Å²) in [5.41, 5.74) is 1.51. The van der Waals surface area contributed by atoms with E-state index in [0.29, 0.717) is 16.6 Å². The van der Waals surface area contributed by atoms with Gasteiger partial charge in [0.25, 0.3) is 11.8 Å². The molecule has 2 aliphatic rings. The van der Waals surface area contributed by atoms with Crippen molar-refractivity contribution in [3.8, 4) is 6.07 Å². The van der Waals surface area contributed by atoms with Crippen molar-refractivity contribution >= 4 is 51.7 Å². The van der Waals surface area contributed by atoms with E-state index < -0.39 is 48.7 Å². The van der Waals surface area contributed by atoms with Crippen molar-refractivity contribution in [1.82, 2.24) is 20.5 Å². The van der Waals surface area contributed by atoms with Crippen LogP contribution in [0.5, 0.6) is 0 Å². The highest BCUT2D eigenvalue weighted by atomic mass is 35.5. The topological polar surface area (TPSA) is 135 Å². The van der Waals surface area contributed by atoms with Crippen LogP contribution in [0.15, 0.2) is 67.0 Å². The maximum atomic E-state index is 14.7. The number of alkyl halides is 2. The number of fused-ring (bicyclic) bond motifs is 1. The van der Waals surface area contributed by atoms with Gasteiger partial charge >= 0.3 is 0 Å². The minimum absolute atomic E-state index is 0.0313. The van der Waals surface area contributed by atoms with E-state index in [-0.39, 0.29) is 40.7 Å². The first kappa shape index (κ1) is 28.2. The third-order valence-corrected chi connectivity index (χ3v) is 8.04. The van der Waals surface area contributed by atoms with Gasteiger partial charge in [0.05, 0.1) is 23.3 Å². The Hall–Kier alpha value is -4.89. The van der Waals surface area contributed by atoms with Crippen molar-refractivity contribution < 1.29 is 23.2 Å². The minimum Gasteiger partial charge on any atom is -0.351 e. The van der Waals surface area contributed by atoms with Gasteiger partial charge in [0.2, 0.25) is 11.8 Å². The molecule has 0 unspecified atom stereocenters. The van der Waals surface area contributed by atoms with Gasteiger partial charge in [0.1, 0.15) is 17.9 Å². The van der Waals surface area contributed by atoms with Crippen LogP contribution in [0.2, 0.25) is 5.02 Å². The molecule has 4 aromatic rings. The number of aromatic nitrogens is 3. The fourth-order valence-electron chi connectivity index (χ4n) is 5.61. The van der Waals surface area contributed by atoms with Crippen LogP contribution in [0.4, 0.5) is 20.3 Å². The van der Waals surface area contributed by atoms with Gasteiger partial charge in [0.15, 0.2) is 0 Å². The molecule has 3 heterocycles. The maximum absolute atomic E-state index is 14.7. The van der Waals surface area contributed by atoms with Gasteiger partial charge in [-0.3, -0.25) is 29.3 Å². The second kappa shape index (κ2) is 11.1. The van der Waals surface area contributed by atoms with Gasteiger partial charge in [-0.15, -0.1) is 0 Å². The molecular formula is C30H24ClF2N7O3. The van der Waals surface area contributed by atoms with Crippen molar-refractivity contribution in [2.75, 3.05) is 9.80 Å². The summed E-state index contributed by atoms with van der Waals surface area (Å²) in [5, 5.41) is 19.8. The smallest absolute Gasteiger partial charge is 0.252 e. The molecule has 1 aliphatic carbocycles. The van der Waals surface area contributed by atoms with Crippen molar-refractivity contribution in [3.05, 3.63) is 83.1 Å². The summed E-state index contributed by atoms with van der Waals surface area (Å²) in [5.74, 6) is -4.44. The van der Waals surface area contributed by atoms with Gasteiger partial charge < -0.3 is 5.32 Å². The molecule has 0 bridgehead atoms. The zero-order valence-electron chi connectivity index (χ0n) is 22.5. The van der Waals surface area contributed by atoms with Gasteiger partial charge in [-0.2, -0.15) is 10.4 Å². The van der Waals surface area contributed by atoms with E-state index in [1.165, 1.54) is 28.1 Å². The number of nitriles is 1. The third-order valence-electron chi connectivity index (χ3n) is 7.70. The molecular weight excluding hydrogens is 580 g/mol. The van der Waals surface area contributed by atoms with Crippen LogP contribution in [0.25, 0.3) is 10.9 Å². The highest BCUT2D eigenvalue weighted by Gasteiger charge is 2.48. The number of halogens is 3. The highest BCUT2D eigenvalue weighted by Crippen LogP contribution is 2.40. The number of H-pyrrole nitrogens is 1. The second-order valence-corrected chi connectivity index (χ2v) is 11.0. The number of amides is 3. The van der Waals surface area contributed by atoms with Crippen molar-refractivity contribution in [2.24, 2.45) is 0 Å². The molecule has 2 N–H and O–H groups in total. The zero-order chi connectivity index (χ0) is 30.3. The number of carbonyl (C=O) groups excluding carboxylic acids is 3. The SMILES string of the molecule is N#Cc1ccnc(N2C(=O)CC[C@H]2C(=O)N(c2ccc3[nH]ncc3c2)[C@H](C(=O)NC2CC(F)(F)C2)c2ccccc2Cl)c1. The monoisotopic (exact) mass is 603 g/mol. The lowest BCUT2D eigenvalue weighted by atomic mass is 9.87. The van der Waals surface area contributed by atoms with E-state index >= 15 is 0 Å². The average Bonchev–Trinajstić information content (AvgIpc) is 3.61. The van der Waals surface area contributed by atoms with Gasteiger partial charge in [-0.1, -0.05) is 29.8 Å². The van der Waals surface area contributed by atoms with Gasteiger partial charge in [-0.25, -0.2) is 13.8 Å². The minimum atomic E-state index is -2.88. The summed E-state index contributed by atoms with van der Waals surface area (Å²) in [6.45, 7) is 0. The number of benzene rings is 2. The fraction of sp³-hybridized carbons (Fsp3) is 0.267. The van der Waals surface area contributed by atoms with E-state index in [9.17, 15) is 28.4 Å². The Morgan fingerprint density at radius 2 is 1.98 bits per heavy atom. The van der Waals surface area contributed by atoms with E-state index in [1.807, 2.05) is 6.07 Å². The Balaban J connectivity index is 1.47. The summed E-state index contributed by atoms with van der Waals surface area (Å²) in [6, 6.07) is 13.1. The first-order chi connectivity index (χ1) is 20.6. The molecule has 2 aromatic heterocycles. The lowest BCUT2D eigenvalue weighted by molar-refractivity contribution is -0.133. The van der Waals surface area contributed by atoms with Gasteiger partial charge in [0, 0.05) is 53.2 Å². The Morgan fingerprint density at radius 1 is 1.19 bits per heavy atom. The average molecular weight is 604 g/mol. The number of aromatic amines is 1. The van der Waals surface area contributed by atoms with Crippen molar-refractivity contribution in [3.63, 3.8) is 0 Å². The molecule has 2 fully saturated rings. The molecule has 43 heavy (non-hydrogen) atoms. The standard InChI is InChI=1S/C30H24ClF2N7O3/c31-22-4-2-1-3-21(22)27(28(42)37-19-13-30(32,33)14-19)39(20-5-6-23-18(12-20)16-36-38-23)29(43)24-7-8-26(41)40(24)25-11-17(15-34)9-10-35-25/h1-6,9-12,16,19,24,27H,7-8,13-14H2,(H,36,38)(H,37,42)/t24-,27-/m0/s1. The molecule has 0 spiro atoms. The van der Waals surface area contributed by atoms with Crippen LogP contribution >= 0.6 is 11.6 Å². The second-order valence-electron chi connectivity index (χ2n) is 10.6. The number of carbonyl (C=O) groups is 3. The molecule has 1 saturated heterocycles. The van der Waals surface area contributed by atoms with E-state index in [1.54, 1.807) is 48.7 Å². The largest absolute Gasteiger partial charge is 0.351 e. The lowest BCUT2D eigenvalue weighted by Crippen LogP contribution is -2.56. The molecule has 2 atom stereocenters. The first-order valence-electron chi connectivity index (χ1n) is 13.5.